The lowest BCUT2D eigenvalue weighted by molar-refractivity contribution is 0.0834. The van der Waals surface area contributed by atoms with Crippen LogP contribution in [-0.2, 0) is 10.8 Å². The lowest BCUT2D eigenvalue weighted by atomic mass is 9.83. The van der Waals surface area contributed by atoms with Gasteiger partial charge in [-0.25, -0.2) is 0 Å². The summed E-state index contributed by atoms with van der Waals surface area (Å²) in [5, 5.41) is 5.90. The molecule has 15 heteroatoms. The molecule has 0 bridgehead atoms. The Morgan fingerprint density at radius 1 is 0.357 bits per heavy atom. The number of aromatic nitrogens is 2. The Labute approximate surface area is 477 Å². The molecular formula is C69H51N5O10. The second-order valence-corrected chi connectivity index (χ2v) is 24.3. The first kappa shape index (κ1) is 50.7. The number of hydrogen-bond acceptors (Lipinski definition) is 11. The summed E-state index contributed by atoms with van der Waals surface area (Å²) in [5.74, 6) is -2.45. The number of nitrogens with zero attached hydrogens (tertiary/aromatic N) is 5. The van der Waals surface area contributed by atoms with E-state index in [1.165, 1.54) is 12.1 Å². The quantitative estimate of drug-likeness (QED) is 0.0844. The van der Waals surface area contributed by atoms with Gasteiger partial charge in [0.2, 0.25) is 0 Å². The predicted octanol–water partition coefficient (Wildman–Crippen LogP) is 12.2. The van der Waals surface area contributed by atoms with Crippen LogP contribution >= 0.6 is 0 Å². The Balaban J connectivity index is 0.955. The van der Waals surface area contributed by atoms with Crippen LogP contribution in [0, 0.1) is 0 Å². The Kier molecular flexibility index (Phi) is 10.6. The molecule has 10 aromatic carbocycles. The summed E-state index contributed by atoms with van der Waals surface area (Å²) in [6.45, 7) is 14.5. The van der Waals surface area contributed by atoms with Gasteiger partial charge in [0.05, 0.1) is 43.8 Å². The molecule has 15 nitrogen and oxygen atoms in total. The maximum atomic E-state index is 15.7. The first-order chi connectivity index (χ1) is 40.3. The molecule has 84 heavy (non-hydrogen) atoms. The van der Waals surface area contributed by atoms with E-state index in [0.29, 0.717) is 57.8 Å². The molecule has 15 rings (SSSR count). The molecule has 4 amide bonds. The molecule has 1 fully saturated rings. The molecule has 0 radical (unpaired) electrons. The molecule has 412 valence electrons. The van der Waals surface area contributed by atoms with Crippen LogP contribution in [0.25, 0.3) is 75.4 Å². The van der Waals surface area contributed by atoms with E-state index in [9.17, 15) is 19.2 Å². The van der Waals surface area contributed by atoms with Gasteiger partial charge in [-0.3, -0.25) is 38.4 Å². The van der Waals surface area contributed by atoms with E-state index in [-0.39, 0.29) is 60.7 Å². The van der Waals surface area contributed by atoms with Gasteiger partial charge in [0.15, 0.2) is 0 Å². The molecule has 3 aliphatic rings. The van der Waals surface area contributed by atoms with E-state index in [1.807, 2.05) is 60.7 Å². The second-order valence-electron chi connectivity index (χ2n) is 24.3. The highest BCUT2D eigenvalue weighted by Crippen LogP contribution is 2.53. The Hall–Kier alpha value is -10.3. The fourth-order valence-corrected chi connectivity index (χ4v) is 13.2. The normalized spacial score (nSPS) is 15.0. The zero-order chi connectivity index (χ0) is 58.2. The minimum Gasteiger partial charge on any atom is -0.457 e. The topological polar surface area (TPSA) is 175 Å². The Morgan fingerprint density at radius 2 is 0.774 bits per heavy atom. The third kappa shape index (κ3) is 7.10. The molecule has 5 heterocycles. The maximum absolute atomic E-state index is 15.7. The van der Waals surface area contributed by atoms with Gasteiger partial charge in [0.1, 0.15) is 23.0 Å². The van der Waals surface area contributed by atoms with Gasteiger partial charge in [-0.15, -0.1) is 0 Å². The van der Waals surface area contributed by atoms with Crippen molar-refractivity contribution in [2.45, 2.75) is 71.6 Å². The van der Waals surface area contributed by atoms with Gasteiger partial charge in [-0.1, -0.05) is 114 Å². The molecule has 0 unspecified atom stereocenters. The molecule has 3 aliphatic heterocycles. The highest BCUT2D eigenvalue weighted by Gasteiger charge is 2.42. The van der Waals surface area contributed by atoms with Crippen molar-refractivity contribution in [3.05, 3.63) is 214 Å². The number of ether oxygens (including phenoxy) is 2. The molecular weight excluding hydrogens is 1060 g/mol. The number of hydrogen-bond donors (Lipinski definition) is 0. The molecule has 0 atom stereocenters. The van der Waals surface area contributed by atoms with Crippen molar-refractivity contribution in [3.8, 4) is 23.0 Å². The van der Waals surface area contributed by atoms with Crippen LogP contribution < -0.4 is 46.6 Å². The van der Waals surface area contributed by atoms with Crippen LogP contribution in [0.2, 0.25) is 0 Å². The smallest absolute Gasteiger partial charge is 0.281 e. The van der Waals surface area contributed by atoms with Crippen molar-refractivity contribution >= 4 is 105 Å². The lowest BCUT2D eigenvalue weighted by Gasteiger charge is -2.31. The number of fused-ring (bicyclic) bond motifs is 4. The predicted molar refractivity (Wildman–Crippen MR) is 327 cm³/mol. The summed E-state index contributed by atoms with van der Waals surface area (Å²) >= 11 is 0. The van der Waals surface area contributed by atoms with Crippen molar-refractivity contribution in [2.75, 3.05) is 28.0 Å². The Bertz CT molecular complexity index is 4940. The largest absolute Gasteiger partial charge is 0.457 e. The third-order valence-corrected chi connectivity index (χ3v) is 17.3. The number of benzene rings is 10. The molecule has 1 saturated heterocycles. The van der Waals surface area contributed by atoms with Gasteiger partial charge < -0.3 is 14.4 Å². The van der Waals surface area contributed by atoms with E-state index in [1.54, 1.807) is 36.4 Å². The molecule has 0 aliphatic carbocycles. The summed E-state index contributed by atoms with van der Waals surface area (Å²) in [5.41, 5.74) is -1.57. The summed E-state index contributed by atoms with van der Waals surface area (Å²) in [4.78, 5) is 121. The number of carbonyl (C=O) groups excluding carboxylic acids is 4. The van der Waals surface area contributed by atoms with Crippen molar-refractivity contribution in [1.82, 2.24) is 9.35 Å². The van der Waals surface area contributed by atoms with Gasteiger partial charge in [-0.2, -0.15) is 19.4 Å². The molecule has 0 saturated carbocycles. The number of piperidine rings is 1. The van der Waals surface area contributed by atoms with E-state index in [2.05, 4.69) is 64.6 Å². The van der Waals surface area contributed by atoms with Gasteiger partial charge in [0, 0.05) is 51.1 Å². The van der Waals surface area contributed by atoms with Crippen LogP contribution in [0.15, 0.2) is 159 Å². The number of amides is 4. The number of rotatable bonds is 7. The van der Waals surface area contributed by atoms with Crippen molar-refractivity contribution in [3.63, 3.8) is 0 Å². The van der Waals surface area contributed by atoms with Crippen molar-refractivity contribution < 1.29 is 28.7 Å². The van der Waals surface area contributed by atoms with Gasteiger partial charge in [-0.05, 0) is 129 Å². The highest BCUT2D eigenvalue weighted by molar-refractivity contribution is 6.43. The highest BCUT2D eigenvalue weighted by atomic mass is 16.5. The number of imide groups is 2. The first-order valence-corrected chi connectivity index (χ1v) is 28.1. The van der Waals surface area contributed by atoms with Gasteiger partial charge >= 0.3 is 0 Å². The minimum absolute atomic E-state index is 0.0549. The average Bonchev–Trinajstić information content (AvgIpc) is 0.810. The Morgan fingerprint density at radius 3 is 1.23 bits per heavy atom. The van der Waals surface area contributed by atoms with Crippen LogP contribution in [0.5, 0.6) is 23.0 Å². The minimum atomic E-state index is -1.14. The average molecular weight is 1110 g/mol. The molecule has 2 aromatic heterocycles. The third-order valence-electron chi connectivity index (χ3n) is 17.3. The zero-order valence-corrected chi connectivity index (χ0v) is 46.6. The molecule has 0 N–H and O–H groups in total. The van der Waals surface area contributed by atoms with Crippen molar-refractivity contribution in [1.29, 1.82) is 0 Å². The van der Waals surface area contributed by atoms with Crippen LogP contribution in [0.3, 0.4) is 0 Å². The van der Waals surface area contributed by atoms with Crippen molar-refractivity contribution in [2.24, 2.45) is 0 Å². The number of carbonyl (C=O) groups is 4. The standard InChI is InChI=1S/C69H51N5O10/c1-68(2,3)36-19-23-38(24-20-36)83-52-33-49-56-50(34-53(84-39-25-21-37(22-26-39)69(4,5)6)58-42-27-28-51(70-29-8-7-9-30-70)40-15-12-16-41(55(40)42)57(52)59(56)58)67(82)74(66(49)81)73-64(79)47-31-45-46(32-48(47)65(73)80)63(78)72(62(45)77)71-60(75)43-17-10-13-35-14-11-18-44(54(35)43)61(71)76/h10-28,31-34H,7-9,29-30H2,1-6H3. The van der Waals surface area contributed by atoms with E-state index in [0.717, 1.165) is 82.8 Å². The van der Waals surface area contributed by atoms with Gasteiger partial charge in [0.25, 0.3) is 45.9 Å². The van der Waals surface area contributed by atoms with E-state index < -0.39 is 56.6 Å². The molecule has 0 spiro atoms. The fourth-order valence-electron chi connectivity index (χ4n) is 13.2. The van der Waals surface area contributed by atoms with Crippen LogP contribution in [0.4, 0.5) is 5.69 Å². The van der Waals surface area contributed by atoms with Crippen LogP contribution in [0.1, 0.15) is 113 Å². The fraction of sp³-hybridized carbons (Fsp3) is 0.188. The SMILES string of the molecule is CC(C)(C)c1ccc(Oc2cc3c4c(cc(Oc5ccc(C(C)(C)C)cc5)c5c6ccc(N7CCCCC7)c7cccc(c2c45)c76)C(=O)N(n2c(=O)c4cc5c(=O)n(N6C(=O)c7cccc8cccc(c78)C6=O)c(=O)c5cc4c2=O)C3=O)cc1. The maximum Gasteiger partial charge on any atom is 0.281 e. The van der Waals surface area contributed by atoms with E-state index in [4.69, 9.17) is 9.47 Å². The molecule has 12 aromatic rings. The summed E-state index contributed by atoms with van der Waals surface area (Å²) in [7, 11) is 0. The lowest BCUT2D eigenvalue weighted by Crippen LogP contribution is -2.55. The zero-order valence-electron chi connectivity index (χ0n) is 46.6. The van der Waals surface area contributed by atoms with E-state index >= 15 is 19.2 Å². The first-order valence-electron chi connectivity index (χ1n) is 28.1. The summed E-state index contributed by atoms with van der Waals surface area (Å²) < 4.78 is 14.8. The van der Waals surface area contributed by atoms with Crippen LogP contribution in [-0.4, -0.2) is 46.1 Å². The summed E-state index contributed by atoms with van der Waals surface area (Å²) in [6, 6.07) is 40.7. The summed E-state index contributed by atoms with van der Waals surface area (Å²) in [6.07, 6.45) is 3.28. The second kappa shape index (κ2) is 17.6. The monoisotopic (exact) mass is 1110 g/mol. The number of anilines is 1.